The number of nitrogens with zero attached hydrogens (tertiary/aromatic N) is 3. The van der Waals surface area contributed by atoms with E-state index in [-0.39, 0.29) is 6.54 Å². The zero-order chi connectivity index (χ0) is 21.2. The van der Waals surface area contributed by atoms with Gasteiger partial charge >= 0.3 is 12.2 Å². The highest BCUT2D eigenvalue weighted by atomic mass is 19.4. The minimum absolute atomic E-state index is 0.290. The van der Waals surface area contributed by atoms with Gasteiger partial charge in [-0.05, 0) is 44.9 Å². The molecular formula is C19H22F3N5O2. The largest absolute Gasteiger partial charge is 0.405 e. The van der Waals surface area contributed by atoms with E-state index in [1.807, 2.05) is 31.3 Å². The highest BCUT2D eigenvalue weighted by Crippen LogP contribution is 2.24. The molecule has 1 saturated heterocycles. The van der Waals surface area contributed by atoms with Gasteiger partial charge < -0.3 is 15.5 Å². The average Bonchev–Trinajstić information content (AvgIpc) is 3.26. The summed E-state index contributed by atoms with van der Waals surface area (Å²) in [6, 6.07) is 7.50. The summed E-state index contributed by atoms with van der Waals surface area (Å²) >= 11 is 0. The van der Waals surface area contributed by atoms with Crippen LogP contribution in [0.2, 0.25) is 0 Å². The lowest BCUT2D eigenvalue weighted by molar-refractivity contribution is -0.140. The Morgan fingerprint density at radius 1 is 1.24 bits per heavy atom. The number of carbonyl (C=O) groups is 2. The van der Waals surface area contributed by atoms with Crippen molar-refractivity contribution in [3.63, 3.8) is 0 Å². The number of carbonyl (C=O) groups excluding carboxylic acids is 2. The molecule has 156 valence electrons. The summed E-state index contributed by atoms with van der Waals surface area (Å²) in [6.07, 6.45) is -3.65. The van der Waals surface area contributed by atoms with Gasteiger partial charge in [-0.15, -0.1) is 0 Å². The van der Waals surface area contributed by atoms with Gasteiger partial charge in [0.2, 0.25) is 5.91 Å². The maximum atomic E-state index is 12.8. The van der Waals surface area contributed by atoms with Gasteiger partial charge in [0, 0.05) is 12.2 Å². The van der Waals surface area contributed by atoms with Gasteiger partial charge in [-0.1, -0.05) is 12.1 Å². The van der Waals surface area contributed by atoms with Crippen LogP contribution in [0.3, 0.4) is 0 Å². The van der Waals surface area contributed by atoms with E-state index in [2.05, 4.69) is 10.4 Å². The molecule has 3 rings (SSSR count). The lowest BCUT2D eigenvalue weighted by Crippen LogP contribution is -2.49. The molecule has 3 amide bonds. The highest BCUT2D eigenvalue weighted by molar-refractivity contribution is 5.95. The Morgan fingerprint density at radius 2 is 1.97 bits per heavy atom. The summed E-state index contributed by atoms with van der Waals surface area (Å²) < 4.78 is 38.8. The van der Waals surface area contributed by atoms with E-state index in [1.54, 1.807) is 22.9 Å². The Morgan fingerprint density at radius 3 is 2.62 bits per heavy atom. The first-order valence-electron chi connectivity index (χ1n) is 9.20. The first-order chi connectivity index (χ1) is 13.7. The van der Waals surface area contributed by atoms with Crippen LogP contribution < -0.4 is 10.6 Å². The van der Waals surface area contributed by atoms with E-state index >= 15 is 0 Å². The Hall–Kier alpha value is -3.04. The fraction of sp³-hybridized carbons (Fsp3) is 0.421. The molecule has 2 N–H and O–H groups in total. The number of para-hydroxylation sites is 2. The van der Waals surface area contributed by atoms with Gasteiger partial charge in [-0.3, -0.25) is 4.79 Å². The molecule has 0 spiro atoms. The van der Waals surface area contributed by atoms with Gasteiger partial charge in [0.25, 0.3) is 0 Å². The number of aryl methyl sites for hydroxylation is 2. The molecular weight excluding hydrogens is 387 g/mol. The van der Waals surface area contributed by atoms with Crippen LogP contribution in [0.15, 0.2) is 30.3 Å². The van der Waals surface area contributed by atoms with Crippen molar-refractivity contribution in [1.29, 1.82) is 0 Å². The normalized spacial score (nSPS) is 16.7. The Labute approximate surface area is 165 Å². The van der Waals surface area contributed by atoms with Crippen LogP contribution in [0.25, 0.3) is 5.69 Å². The molecule has 1 aromatic heterocycles. The minimum Gasteiger partial charge on any atom is -0.345 e. The number of likely N-dealkylation sites (tertiary alicyclic amines) is 1. The molecule has 7 nitrogen and oxygen atoms in total. The van der Waals surface area contributed by atoms with Crippen molar-refractivity contribution in [2.75, 3.05) is 18.4 Å². The van der Waals surface area contributed by atoms with Crippen molar-refractivity contribution in [1.82, 2.24) is 20.0 Å². The number of amides is 3. The molecule has 1 unspecified atom stereocenters. The molecule has 1 aliphatic rings. The summed E-state index contributed by atoms with van der Waals surface area (Å²) in [5, 5.41) is 9.05. The van der Waals surface area contributed by atoms with Gasteiger partial charge in [0.15, 0.2) is 0 Å². The summed E-state index contributed by atoms with van der Waals surface area (Å²) in [6.45, 7) is 2.62. The first-order valence-corrected chi connectivity index (χ1v) is 9.20. The number of halogens is 3. The fourth-order valence-electron chi connectivity index (χ4n) is 3.41. The van der Waals surface area contributed by atoms with Gasteiger partial charge in [-0.25, -0.2) is 9.48 Å². The molecule has 0 bridgehead atoms. The van der Waals surface area contributed by atoms with Crippen molar-refractivity contribution in [2.24, 2.45) is 0 Å². The molecule has 10 heteroatoms. The summed E-state index contributed by atoms with van der Waals surface area (Å²) in [4.78, 5) is 26.2. The van der Waals surface area contributed by atoms with Crippen LogP contribution in [0.1, 0.15) is 24.2 Å². The summed E-state index contributed by atoms with van der Waals surface area (Å²) in [7, 11) is 0. The predicted molar refractivity (Wildman–Crippen MR) is 101 cm³/mol. The van der Waals surface area contributed by atoms with Crippen LogP contribution >= 0.6 is 0 Å². The molecule has 1 aromatic carbocycles. The number of hydrogen-bond acceptors (Lipinski definition) is 3. The van der Waals surface area contributed by atoms with E-state index in [0.717, 1.165) is 11.4 Å². The van der Waals surface area contributed by atoms with Crippen molar-refractivity contribution < 1.29 is 22.8 Å². The van der Waals surface area contributed by atoms with Crippen LogP contribution in [-0.2, 0) is 4.79 Å². The first kappa shape index (κ1) is 20.7. The number of benzene rings is 1. The van der Waals surface area contributed by atoms with Crippen LogP contribution in [-0.4, -0.2) is 51.9 Å². The Balaban J connectivity index is 1.75. The number of alkyl halides is 3. The number of urea groups is 1. The Kier molecular flexibility index (Phi) is 5.81. The maximum absolute atomic E-state index is 12.8. The Bertz CT molecular complexity index is 909. The van der Waals surface area contributed by atoms with Crippen molar-refractivity contribution in [3.05, 3.63) is 41.7 Å². The lowest BCUT2D eigenvalue weighted by Gasteiger charge is -2.25. The van der Waals surface area contributed by atoms with Gasteiger partial charge in [0.1, 0.15) is 12.6 Å². The second kappa shape index (κ2) is 8.14. The average molecular weight is 409 g/mol. The van der Waals surface area contributed by atoms with Crippen molar-refractivity contribution >= 4 is 17.6 Å². The topological polar surface area (TPSA) is 79.3 Å². The molecule has 0 saturated carbocycles. The zero-order valence-corrected chi connectivity index (χ0v) is 16.1. The molecule has 0 radical (unpaired) electrons. The van der Waals surface area contributed by atoms with E-state index in [0.29, 0.717) is 24.2 Å². The number of anilines is 1. The molecule has 29 heavy (non-hydrogen) atoms. The molecule has 0 aliphatic carbocycles. The smallest absolute Gasteiger partial charge is 0.345 e. The number of aromatic nitrogens is 2. The van der Waals surface area contributed by atoms with Crippen LogP contribution in [0.5, 0.6) is 0 Å². The second-order valence-electron chi connectivity index (χ2n) is 6.97. The molecule has 2 heterocycles. The third-order valence-electron chi connectivity index (χ3n) is 4.66. The van der Waals surface area contributed by atoms with Crippen molar-refractivity contribution in [2.45, 2.75) is 38.9 Å². The number of hydrogen-bond donors (Lipinski definition) is 2. The molecule has 1 atom stereocenters. The summed E-state index contributed by atoms with van der Waals surface area (Å²) in [5.74, 6) is -0.804. The third kappa shape index (κ3) is 4.87. The third-order valence-corrected chi connectivity index (χ3v) is 4.66. The fourth-order valence-corrected chi connectivity index (χ4v) is 3.41. The lowest BCUT2D eigenvalue weighted by atomic mass is 10.2. The zero-order valence-electron chi connectivity index (χ0n) is 16.1. The summed E-state index contributed by atoms with van der Waals surface area (Å²) in [5.41, 5.74) is 2.85. The molecule has 2 aromatic rings. The van der Waals surface area contributed by atoms with Gasteiger partial charge in [0.05, 0.1) is 17.1 Å². The monoisotopic (exact) mass is 409 g/mol. The molecule has 1 fully saturated rings. The van der Waals surface area contributed by atoms with E-state index in [9.17, 15) is 22.8 Å². The number of nitrogens with one attached hydrogen (secondary N) is 2. The molecule has 1 aliphatic heterocycles. The SMILES string of the molecule is Cc1cc(C)n(-c2ccccc2NC(=O)N2CCCC2C(=O)NCC(F)(F)F)n1. The van der Waals surface area contributed by atoms with E-state index in [1.165, 1.54) is 4.90 Å². The standard InChI is InChI=1S/C19H22F3N5O2/c1-12-10-13(2)27(25-12)15-7-4-3-6-14(15)24-18(29)26-9-5-8-16(26)17(28)23-11-19(20,21)22/h3-4,6-7,10,16H,5,8-9,11H2,1-2H3,(H,23,28)(H,24,29). The van der Waals surface area contributed by atoms with Crippen molar-refractivity contribution in [3.8, 4) is 5.69 Å². The van der Waals surface area contributed by atoms with E-state index < -0.39 is 30.7 Å². The predicted octanol–water partition coefficient (Wildman–Crippen LogP) is 3.16. The van der Waals surface area contributed by atoms with Crippen LogP contribution in [0, 0.1) is 13.8 Å². The second-order valence-corrected chi connectivity index (χ2v) is 6.97. The highest BCUT2D eigenvalue weighted by Gasteiger charge is 2.36. The van der Waals surface area contributed by atoms with E-state index in [4.69, 9.17) is 0 Å². The van der Waals surface area contributed by atoms with Gasteiger partial charge in [-0.2, -0.15) is 18.3 Å². The quantitative estimate of drug-likeness (QED) is 0.814. The number of rotatable bonds is 4. The minimum atomic E-state index is -4.50. The maximum Gasteiger partial charge on any atom is 0.405 e. The van der Waals surface area contributed by atoms with Crippen LogP contribution in [0.4, 0.5) is 23.7 Å².